The molecule has 5 heteroatoms. The van der Waals surface area contributed by atoms with E-state index in [4.69, 9.17) is 17.3 Å². The smallest absolute Gasteiger partial charge is 0.194 e. The van der Waals surface area contributed by atoms with E-state index in [-0.39, 0.29) is 5.78 Å². The molecular weight excluding hydrogens is 322 g/mol. The summed E-state index contributed by atoms with van der Waals surface area (Å²) in [6, 6.07) is 6.76. The van der Waals surface area contributed by atoms with Crippen LogP contribution in [0.4, 0.5) is 5.69 Å². The van der Waals surface area contributed by atoms with Crippen molar-refractivity contribution in [2.75, 3.05) is 5.73 Å². The van der Waals surface area contributed by atoms with Crippen molar-refractivity contribution in [1.82, 2.24) is 0 Å². The van der Waals surface area contributed by atoms with Crippen molar-refractivity contribution in [1.29, 1.82) is 0 Å². The van der Waals surface area contributed by atoms with E-state index in [0.717, 1.165) is 8.66 Å². The molecule has 17 heavy (non-hydrogen) atoms. The highest BCUT2D eigenvalue weighted by Gasteiger charge is 2.15. The third-order valence-corrected chi connectivity index (χ3v) is 4.29. The van der Waals surface area contributed by atoms with Crippen molar-refractivity contribution in [3.8, 4) is 0 Å². The van der Waals surface area contributed by atoms with Crippen LogP contribution in [0, 0.1) is 6.92 Å². The van der Waals surface area contributed by atoms with Crippen LogP contribution in [0.1, 0.15) is 20.8 Å². The van der Waals surface area contributed by atoms with Crippen LogP contribution in [0.2, 0.25) is 5.02 Å². The fourth-order valence-corrected chi connectivity index (χ4v) is 3.32. The lowest BCUT2D eigenvalue weighted by molar-refractivity contribution is 0.103. The molecule has 0 radical (unpaired) electrons. The predicted molar refractivity (Wildman–Crippen MR) is 76.1 cm³/mol. The molecule has 2 rings (SSSR count). The van der Waals surface area contributed by atoms with Crippen LogP contribution in [0.25, 0.3) is 0 Å². The minimum absolute atomic E-state index is 0.0344. The standard InChI is InChI=1S/C12H9BrClNOS/c1-6-8(5-11(13)17-6)12(16)7-2-3-9(14)10(15)4-7/h2-5H,15H2,1H3. The Kier molecular flexibility index (Phi) is 3.56. The summed E-state index contributed by atoms with van der Waals surface area (Å²) in [5.41, 5.74) is 7.36. The Bertz CT molecular complexity index is 594. The summed E-state index contributed by atoms with van der Waals surface area (Å²) in [7, 11) is 0. The fraction of sp³-hybridized carbons (Fsp3) is 0.0833. The van der Waals surface area contributed by atoms with E-state index in [9.17, 15) is 4.79 Å². The van der Waals surface area contributed by atoms with E-state index < -0.39 is 0 Å². The van der Waals surface area contributed by atoms with Crippen molar-refractivity contribution in [2.45, 2.75) is 6.92 Å². The number of hydrogen-bond acceptors (Lipinski definition) is 3. The molecule has 88 valence electrons. The van der Waals surface area contributed by atoms with Gasteiger partial charge < -0.3 is 5.73 Å². The highest BCUT2D eigenvalue weighted by Crippen LogP contribution is 2.29. The molecule has 0 unspecified atom stereocenters. The van der Waals surface area contributed by atoms with Gasteiger partial charge in [0.05, 0.1) is 14.5 Å². The number of nitrogens with two attached hydrogens (primary N) is 1. The first-order valence-corrected chi connectivity index (χ1v) is 6.83. The Balaban J connectivity index is 2.44. The second-order valence-electron chi connectivity index (χ2n) is 3.59. The van der Waals surface area contributed by atoms with Gasteiger partial charge in [-0.25, -0.2) is 0 Å². The monoisotopic (exact) mass is 329 g/mol. The first-order chi connectivity index (χ1) is 7.99. The molecule has 0 saturated heterocycles. The summed E-state index contributed by atoms with van der Waals surface area (Å²) in [6.45, 7) is 1.92. The Morgan fingerprint density at radius 1 is 1.41 bits per heavy atom. The summed E-state index contributed by atoms with van der Waals surface area (Å²) in [5, 5.41) is 0.463. The lowest BCUT2D eigenvalue weighted by atomic mass is 10.0. The molecule has 2 N–H and O–H groups in total. The second kappa shape index (κ2) is 4.80. The summed E-state index contributed by atoms with van der Waals surface area (Å²) >= 11 is 10.7. The molecule has 0 aliphatic rings. The van der Waals surface area contributed by atoms with E-state index >= 15 is 0 Å². The zero-order valence-corrected chi connectivity index (χ0v) is 12.1. The highest BCUT2D eigenvalue weighted by atomic mass is 79.9. The van der Waals surface area contributed by atoms with Gasteiger partial charge in [0.25, 0.3) is 0 Å². The molecule has 0 saturated carbocycles. The number of rotatable bonds is 2. The first-order valence-electron chi connectivity index (χ1n) is 4.84. The lowest BCUT2D eigenvalue weighted by Crippen LogP contribution is -2.02. The van der Waals surface area contributed by atoms with Gasteiger partial charge in [-0.2, -0.15) is 0 Å². The number of nitrogen functional groups attached to an aromatic ring is 1. The molecule has 0 aliphatic carbocycles. The van der Waals surface area contributed by atoms with Crippen molar-refractivity contribution < 1.29 is 4.79 Å². The molecule has 1 aromatic carbocycles. The number of carbonyl (C=O) groups is 1. The number of aryl methyl sites for hydroxylation is 1. The lowest BCUT2D eigenvalue weighted by Gasteiger charge is -2.03. The Morgan fingerprint density at radius 2 is 2.12 bits per heavy atom. The molecular formula is C12H9BrClNOS. The maximum atomic E-state index is 12.2. The summed E-state index contributed by atoms with van der Waals surface area (Å²) < 4.78 is 0.945. The number of ketones is 1. The molecule has 2 nitrogen and oxygen atoms in total. The highest BCUT2D eigenvalue weighted by molar-refractivity contribution is 9.11. The molecule has 0 aliphatic heterocycles. The van der Waals surface area contributed by atoms with Gasteiger partial charge in [-0.3, -0.25) is 4.79 Å². The average molecular weight is 331 g/mol. The van der Waals surface area contributed by atoms with Crippen LogP contribution in [-0.2, 0) is 0 Å². The summed E-state index contributed by atoms with van der Waals surface area (Å²) in [6.07, 6.45) is 0. The van der Waals surface area contributed by atoms with Crippen LogP contribution >= 0.6 is 38.9 Å². The van der Waals surface area contributed by atoms with E-state index in [1.807, 2.05) is 13.0 Å². The van der Waals surface area contributed by atoms with E-state index in [2.05, 4.69) is 15.9 Å². The first kappa shape index (κ1) is 12.6. The van der Waals surface area contributed by atoms with E-state index in [0.29, 0.717) is 21.8 Å². The maximum Gasteiger partial charge on any atom is 0.194 e. The SMILES string of the molecule is Cc1sc(Br)cc1C(=O)c1ccc(Cl)c(N)c1. The van der Waals surface area contributed by atoms with Crippen molar-refractivity contribution >= 4 is 50.3 Å². The van der Waals surface area contributed by atoms with E-state index in [1.54, 1.807) is 18.2 Å². The van der Waals surface area contributed by atoms with Gasteiger partial charge in [-0.1, -0.05) is 11.6 Å². The Morgan fingerprint density at radius 3 is 2.65 bits per heavy atom. The summed E-state index contributed by atoms with van der Waals surface area (Å²) in [4.78, 5) is 13.2. The molecule has 0 amide bonds. The Labute approximate surface area is 117 Å². The number of halogens is 2. The molecule has 0 spiro atoms. The van der Waals surface area contributed by atoms with Gasteiger partial charge in [0, 0.05) is 16.0 Å². The van der Waals surface area contributed by atoms with E-state index in [1.165, 1.54) is 11.3 Å². The average Bonchev–Trinajstić information content (AvgIpc) is 2.61. The number of hydrogen-bond donors (Lipinski definition) is 1. The van der Waals surface area contributed by atoms with Gasteiger partial charge >= 0.3 is 0 Å². The Hall–Kier alpha value is -0.840. The van der Waals surface area contributed by atoms with Crippen molar-refractivity contribution in [2.24, 2.45) is 0 Å². The molecule has 1 heterocycles. The largest absolute Gasteiger partial charge is 0.398 e. The topological polar surface area (TPSA) is 43.1 Å². The molecule has 0 bridgehead atoms. The van der Waals surface area contributed by atoms with Gasteiger partial charge in [0.15, 0.2) is 5.78 Å². The van der Waals surface area contributed by atoms with Crippen molar-refractivity contribution in [3.05, 3.63) is 49.1 Å². The fourth-order valence-electron chi connectivity index (χ4n) is 1.51. The molecule has 1 aromatic heterocycles. The molecule has 0 fully saturated rings. The quantitative estimate of drug-likeness (QED) is 0.659. The number of thiophene rings is 1. The zero-order chi connectivity index (χ0) is 12.6. The van der Waals surface area contributed by atoms with Gasteiger partial charge in [0.1, 0.15) is 0 Å². The minimum Gasteiger partial charge on any atom is -0.398 e. The van der Waals surface area contributed by atoms with Gasteiger partial charge in [0.2, 0.25) is 0 Å². The number of benzene rings is 1. The number of carbonyl (C=O) groups excluding carboxylic acids is 1. The normalized spacial score (nSPS) is 10.5. The van der Waals surface area contributed by atoms with Gasteiger partial charge in [-0.15, -0.1) is 11.3 Å². The minimum atomic E-state index is -0.0344. The van der Waals surface area contributed by atoms with Crippen LogP contribution in [-0.4, -0.2) is 5.78 Å². The van der Waals surface area contributed by atoms with Crippen LogP contribution in [0.3, 0.4) is 0 Å². The number of anilines is 1. The molecule has 2 aromatic rings. The predicted octanol–water partition coefficient (Wildman–Crippen LogP) is 4.29. The third-order valence-electron chi connectivity index (χ3n) is 2.39. The van der Waals surface area contributed by atoms with Crippen LogP contribution in [0.15, 0.2) is 28.1 Å². The third kappa shape index (κ3) is 2.54. The maximum absolute atomic E-state index is 12.2. The van der Waals surface area contributed by atoms with Crippen LogP contribution < -0.4 is 5.73 Å². The molecule has 0 atom stereocenters. The zero-order valence-electron chi connectivity index (χ0n) is 8.96. The summed E-state index contributed by atoms with van der Waals surface area (Å²) in [5.74, 6) is -0.0344. The van der Waals surface area contributed by atoms with Crippen LogP contribution in [0.5, 0.6) is 0 Å². The van der Waals surface area contributed by atoms with Gasteiger partial charge in [-0.05, 0) is 47.1 Å². The second-order valence-corrected chi connectivity index (χ2v) is 6.63. The van der Waals surface area contributed by atoms with Crippen molar-refractivity contribution in [3.63, 3.8) is 0 Å².